The van der Waals surface area contributed by atoms with E-state index >= 15 is 0 Å². The van der Waals surface area contributed by atoms with E-state index in [9.17, 15) is 0 Å². The topological polar surface area (TPSA) is 0 Å². The summed E-state index contributed by atoms with van der Waals surface area (Å²) in [6.07, 6.45) is 0. The first-order valence-corrected chi connectivity index (χ1v) is 0. The van der Waals surface area contributed by atoms with Gasteiger partial charge in [0.1, 0.15) is 0 Å². The fraction of sp³-hybridized carbons (Fsp3) is 0. The van der Waals surface area contributed by atoms with Gasteiger partial charge in [-0.2, -0.15) is 0 Å². The first-order valence-electron chi connectivity index (χ1n) is 0. The monoisotopic (exact) mass is 303 g/mol. The van der Waals surface area contributed by atoms with Crippen LogP contribution in [0, 0.1) is 41.7 Å². The van der Waals surface area contributed by atoms with Crippen LogP contribution < -0.4 is 79.2 Å². The summed E-state index contributed by atoms with van der Waals surface area (Å²) in [5, 5.41) is 0. The number of halogens is 4. The molecule has 0 aromatic carbocycles. The Hall–Kier alpha value is 3.54. The van der Waals surface area contributed by atoms with Gasteiger partial charge in [0.05, 0.1) is 0 Å². The molecule has 0 fully saturated rings. The molecule has 0 rings (SSSR count). The van der Waals surface area contributed by atoms with Gasteiger partial charge in [-0.15, -0.1) is 0 Å². The summed E-state index contributed by atoms with van der Waals surface area (Å²) in [5.74, 6) is 0. The van der Waals surface area contributed by atoms with Crippen molar-refractivity contribution in [2.75, 3.05) is 0 Å². The van der Waals surface area contributed by atoms with Gasteiger partial charge in [-0.05, 0) is 0 Å². The van der Waals surface area contributed by atoms with Crippen LogP contribution in [0.3, 0.4) is 0 Å². The Morgan fingerprint density at radius 1 is 0.500 bits per heavy atom. The Morgan fingerprint density at radius 2 is 0.500 bits per heavy atom. The van der Waals surface area contributed by atoms with Gasteiger partial charge in [0.15, 0.2) is 0 Å². The third-order valence-corrected chi connectivity index (χ3v) is 0. The molecule has 0 saturated heterocycles. The molecular weight excluding hydrogens is 305 g/mol. The van der Waals surface area contributed by atoms with Crippen LogP contribution in [0.4, 0.5) is 0 Å². The molecule has 0 saturated carbocycles. The molecule has 0 aliphatic rings. The summed E-state index contributed by atoms with van der Waals surface area (Å²) < 4.78 is 0. The van der Waals surface area contributed by atoms with Crippen LogP contribution >= 0.6 is 0 Å². The average molecular weight is 305 g/mol. The minimum absolute atomic E-state index is 0. The molecule has 33 valence electrons. The van der Waals surface area contributed by atoms with Crippen LogP contribution in [0.25, 0.3) is 0 Å². The maximum Gasteiger partial charge on any atom is 3.00 e. The summed E-state index contributed by atoms with van der Waals surface area (Å²) in [4.78, 5) is 0. The predicted octanol–water partition coefficient (Wildman–Crippen LogP) is -15.0. The van der Waals surface area contributed by atoms with Crippen molar-refractivity contribution >= 4 is 0 Å². The van der Waals surface area contributed by atoms with Gasteiger partial charge in [-0.3, -0.25) is 0 Å². The van der Waals surface area contributed by atoms with Crippen molar-refractivity contribution in [3.8, 4) is 0 Å². The molecule has 0 amide bonds. The van der Waals surface area contributed by atoms with Gasteiger partial charge in [-0.25, -0.2) is 0 Å². The molecular formula is CeCl4Na. The molecule has 0 N–H and O–H groups in total. The second-order valence-corrected chi connectivity index (χ2v) is 0. The normalized spacial score (nSPS) is 0. The van der Waals surface area contributed by atoms with Crippen molar-refractivity contribution in [2.24, 2.45) is 0 Å². The standard InChI is InChI=1S/Ce.4ClH.Na/h;4*1H;/q+3;;;;;+1/p-4. The summed E-state index contributed by atoms with van der Waals surface area (Å²) in [6, 6.07) is 0. The Bertz CT molecular complexity index is 7.51. The zero-order chi connectivity index (χ0) is 0. The largest absolute Gasteiger partial charge is 3.00 e. The van der Waals surface area contributed by atoms with E-state index in [0.29, 0.717) is 0 Å². The van der Waals surface area contributed by atoms with Crippen molar-refractivity contribution in [1.82, 2.24) is 0 Å². The van der Waals surface area contributed by atoms with Crippen LogP contribution in [-0.2, 0) is 0 Å². The molecule has 6 heteroatoms. The SMILES string of the molecule is [Ce+3].[Cl-].[Cl-].[Cl-].[Cl-].[Na+]. The van der Waals surface area contributed by atoms with E-state index in [1.54, 1.807) is 0 Å². The van der Waals surface area contributed by atoms with Crippen molar-refractivity contribution in [1.29, 1.82) is 0 Å². The minimum Gasteiger partial charge on any atom is -1.00 e. The molecule has 0 aromatic heterocycles. The molecule has 0 aliphatic carbocycles. The first-order chi connectivity index (χ1) is 0. The number of rotatable bonds is 0. The summed E-state index contributed by atoms with van der Waals surface area (Å²) in [5.41, 5.74) is 0. The maximum atomic E-state index is 0. The molecule has 0 unspecified atom stereocenters. The third kappa shape index (κ3) is 25.7. The van der Waals surface area contributed by atoms with Gasteiger partial charge < -0.3 is 49.6 Å². The molecule has 0 bridgehead atoms. The van der Waals surface area contributed by atoms with Crippen molar-refractivity contribution in [3.05, 3.63) is 0 Å². The van der Waals surface area contributed by atoms with E-state index in [1.165, 1.54) is 0 Å². The quantitative estimate of drug-likeness (QED) is 0.390. The van der Waals surface area contributed by atoms with E-state index in [0.717, 1.165) is 0 Å². The Kier molecular flexibility index (Phi) is 359. The van der Waals surface area contributed by atoms with Gasteiger partial charge in [0.2, 0.25) is 0 Å². The van der Waals surface area contributed by atoms with Crippen molar-refractivity contribution < 1.29 is 121 Å². The third-order valence-electron chi connectivity index (χ3n) is 0. The molecule has 1 radical (unpaired) electrons. The van der Waals surface area contributed by atoms with Crippen LogP contribution in [0.1, 0.15) is 0 Å². The Labute approximate surface area is 118 Å². The van der Waals surface area contributed by atoms with Crippen molar-refractivity contribution in [2.45, 2.75) is 0 Å². The Morgan fingerprint density at radius 3 is 0.500 bits per heavy atom. The summed E-state index contributed by atoms with van der Waals surface area (Å²) in [7, 11) is 0. The van der Waals surface area contributed by atoms with E-state index < -0.39 is 0 Å². The molecule has 0 heterocycles. The average Bonchev–Trinajstić information content (AvgIpc) is 0. The molecule has 0 spiro atoms. The van der Waals surface area contributed by atoms with E-state index in [4.69, 9.17) is 0 Å². The van der Waals surface area contributed by atoms with Crippen LogP contribution in [-0.4, -0.2) is 0 Å². The van der Waals surface area contributed by atoms with Crippen LogP contribution in [0.2, 0.25) is 0 Å². The summed E-state index contributed by atoms with van der Waals surface area (Å²) in [6.45, 7) is 0. The molecule has 0 atom stereocenters. The van der Waals surface area contributed by atoms with Gasteiger partial charge in [-0.1, -0.05) is 0 Å². The maximum absolute atomic E-state index is 0. The van der Waals surface area contributed by atoms with Gasteiger partial charge in [0.25, 0.3) is 0 Å². The van der Waals surface area contributed by atoms with Crippen LogP contribution in [0.15, 0.2) is 0 Å². The number of hydrogen-bond donors (Lipinski definition) is 0. The van der Waals surface area contributed by atoms with E-state index in [-0.39, 0.29) is 121 Å². The van der Waals surface area contributed by atoms with E-state index in [1.807, 2.05) is 0 Å². The smallest absolute Gasteiger partial charge is 1.00 e. The zero-order valence-electron chi connectivity index (χ0n) is 3.01. The second kappa shape index (κ2) is 38.8. The van der Waals surface area contributed by atoms with Gasteiger partial charge >= 0.3 is 71.3 Å². The minimum atomic E-state index is 0. The molecule has 0 aliphatic heterocycles. The van der Waals surface area contributed by atoms with Gasteiger partial charge in [0, 0.05) is 0 Å². The van der Waals surface area contributed by atoms with Crippen molar-refractivity contribution in [3.63, 3.8) is 0 Å². The molecule has 6 heavy (non-hydrogen) atoms. The predicted molar refractivity (Wildman–Crippen MR) is 0 cm³/mol. The first kappa shape index (κ1) is 55.6. The second-order valence-electron chi connectivity index (χ2n) is 0. The fourth-order valence-electron chi connectivity index (χ4n) is 0. The number of hydrogen-bond acceptors (Lipinski definition) is 0. The van der Waals surface area contributed by atoms with E-state index in [2.05, 4.69) is 0 Å². The zero-order valence-corrected chi connectivity index (χ0v) is 11.2. The van der Waals surface area contributed by atoms with Crippen LogP contribution in [0.5, 0.6) is 0 Å². The Balaban J connectivity index is 0. The summed E-state index contributed by atoms with van der Waals surface area (Å²) >= 11 is 0. The fourth-order valence-corrected chi connectivity index (χ4v) is 0. The molecule has 0 aromatic rings. The molecule has 0 nitrogen and oxygen atoms in total.